The Morgan fingerprint density at radius 1 is 1.50 bits per heavy atom. The molecule has 1 rings (SSSR count). The van der Waals surface area contributed by atoms with Gasteiger partial charge in [-0.3, -0.25) is 4.79 Å². The molecule has 2 N–H and O–H groups in total. The fraction of sp³-hybridized carbons (Fsp3) is 0.417. The van der Waals surface area contributed by atoms with Gasteiger partial charge in [0.15, 0.2) is 0 Å². The highest BCUT2D eigenvalue weighted by atomic mass is 16.5. The molecule has 1 aromatic rings. The molecule has 0 unspecified atom stereocenters. The number of rotatable bonds is 5. The van der Waals surface area contributed by atoms with Gasteiger partial charge >= 0.3 is 0 Å². The summed E-state index contributed by atoms with van der Waals surface area (Å²) in [6.45, 7) is 1.07. The Morgan fingerprint density at radius 3 is 2.88 bits per heavy atom. The standard InChI is InChI=1S/C12H18N2O2/c1-14(7-6-13)12(15)9-10-4-3-5-11(8-10)16-2/h3-5,8H,6-7,9,13H2,1-2H3. The molecule has 0 heterocycles. The van der Waals surface area contributed by atoms with Crippen LogP contribution >= 0.6 is 0 Å². The van der Waals surface area contributed by atoms with Crippen LogP contribution in [0.1, 0.15) is 5.56 Å². The Kier molecular flexibility index (Phi) is 4.79. The molecule has 0 aliphatic carbocycles. The fourth-order valence-electron chi connectivity index (χ4n) is 1.41. The second kappa shape index (κ2) is 6.12. The molecule has 0 radical (unpaired) electrons. The Hall–Kier alpha value is -1.55. The van der Waals surface area contributed by atoms with Gasteiger partial charge in [0, 0.05) is 20.1 Å². The average Bonchev–Trinajstić information content (AvgIpc) is 2.29. The third-order valence-electron chi connectivity index (χ3n) is 2.38. The number of carbonyl (C=O) groups is 1. The van der Waals surface area contributed by atoms with E-state index in [2.05, 4.69) is 0 Å². The number of ether oxygens (including phenoxy) is 1. The third-order valence-corrected chi connectivity index (χ3v) is 2.38. The minimum Gasteiger partial charge on any atom is -0.497 e. The van der Waals surface area contributed by atoms with E-state index in [9.17, 15) is 4.79 Å². The maximum atomic E-state index is 11.7. The van der Waals surface area contributed by atoms with Crippen LogP contribution in [0.4, 0.5) is 0 Å². The zero-order chi connectivity index (χ0) is 12.0. The lowest BCUT2D eigenvalue weighted by Gasteiger charge is -2.16. The minimum absolute atomic E-state index is 0.0682. The second-order valence-corrected chi connectivity index (χ2v) is 3.63. The molecule has 1 aromatic carbocycles. The Labute approximate surface area is 96.0 Å². The molecule has 88 valence electrons. The van der Waals surface area contributed by atoms with Crippen molar-refractivity contribution in [3.05, 3.63) is 29.8 Å². The molecule has 0 aliphatic heterocycles. The number of amides is 1. The van der Waals surface area contributed by atoms with Gasteiger partial charge < -0.3 is 15.4 Å². The monoisotopic (exact) mass is 222 g/mol. The number of benzene rings is 1. The van der Waals surface area contributed by atoms with E-state index in [0.717, 1.165) is 11.3 Å². The molecule has 0 aromatic heterocycles. The molecule has 4 nitrogen and oxygen atoms in total. The van der Waals surface area contributed by atoms with Crippen molar-refractivity contribution in [1.82, 2.24) is 4.90 Å². The first-order valence-corrected chi connectivity index (χ1v) is 5.24. The molecule has 16 heavy (non-hydrogen) atoms. The lowest BCUT2D eigenvalue weighted by Crippen LogP contribution is -2.32. The van der Waals surface area contributed by atoms with Gasteiger partial charge in [-0.15, -0.1) is 0 Å². The third kappa shape index (κ3) is 3.55. The number of likely N-dealkylation sites (N-methyl/N-ethyl adjacent to an activating group) is 1. The molecule has 0 bridgehead atoms. The topological polar surface area (TPSA) is 55.6 Å². The molecule has 0 aliphatic rings. The highest BCUT2D eigenvalue weighted by Gasteiger charge is 2.08. The van der Waals surface area contributed by atoms with Crippen LogP contribution in [-0.4, -0.2) is 38.1 Å². The van der Waals surface area contributed by atoms with E-state index in [0.29, 0.717) is 19.5 Å². The number of nitrogens with two attached hydrogens (primary N) is 1. The van der Waals surface area contributed by atoms with Crippen LogP contribution < -0.4 is 10.5 Å². The van der Waals surface area contributed by atoms with Crippen LogP contribution in [0.15, 0.2) is 24.3 Å². The van der Waals surface area contributed by atoms with E-state index in [1.54, 1.807) is 19.1 Å². The number of hydrogen-bond acceptors (Lipinski definition) is 3. The van der Waals surface area contributed by atoms with Gasteiger partial charge in [0.25, 0.3) is 0 Å². The van der Waals surface area contributed by atoms with Gasteiger partial charge in [0.05, 0.1) is 13.5 Å². The summed E-state index contributed by atoms with van der Waals surface area (Å²) < 4.78 is 5.10. The van der Waals surface area contributed by atoms with Gasteiger partial charge in [-0.05, 0) is 17.7 Å². The first-order valence-electron chi connectivity index (χ1n) is 5.24. The number of nitrogens with zero attached hydrogens (tertiary/aromatic N) is 1. The largest absolute Gasteiger partial charge is 0.497 e. The molecule has 1 amide bonds. The number of methoxy groups -OCH3 is 1. The normalized spacial score (nSPS) is 9.94. The van der Waals surface area contributed by atoms with Crippen molar-refractivity contribution in [2.45, 2.75) is 6.42 Å². The summed E-state index contributed by atoms with van der Waals surface area (Å²) in [6, 6.07) is 7.52. The molecule has 0 saturated heterocycles. The van der Waals surface area contributed by atoms with Crippen molar-refractivity contribution in [2.24, 2.45) is 5.73 Å². The van der Waals surface area contributed by atoms with Crippen molar-refractivity contribution < 1.29 is 9.53 Å². The van der Waals surface area contributed by atoms with Crippen LogP contribution in [0.25, 0.3) is 0 Å². The quantitative estimate of drug-likeness (QED) is 0.796. The summed E-state index contributed by atoms with van der Waals surface area (Å²) in [7, 11) is 3.37. The summed E-state index contributed by atoms with van der Waals surface area (Å²) in [6.07, 6.45) is 0.383. The first-order chi connectivity index (χ1) is 7.67. The van der Waals surface area contributed by atoms with Crippen LogP contribution in [-0.2, 0) is 11.2 Å². The van der Waals surface area contributed by atoms with E-state index in [1.807, 2.05) is 24.3 Å². The minimum atomic E-state index is 0.0682. The van der Waals surface area contributed by atoms with Crippen molar-refractivity contribution in [2.75, 3.05) is 27.2 Å². The summed E-state index contributed by atoms with van der Waals surface area (Å²) in [5.74, 6) is 0.838. The predicted molar refractivity (Wildman–Crippen MR) is 63.4 cm³/mol. The molecule has 4 heteroatoms. The predicted octanol–water partition coefficient (Wildman–Crippen LogP) is 0.655. The van der Waals surface area contributed by atoms with Crippen molar-refractivity contribution in [3.8, 4) is 5.75 Å². The van der Waals surface area contributed by atoms with Gasteiger partial charge in [-0.1, -0.05) is 12.1 Å². The Morgan fingerprint density at radius 2 is 2.25 bits per heavy atom. The average molecular weight is 222 g/mol. The molecular formula is C12H18N2O2. The van der Waals surface area contributed by atoms with Crippen molar-refractivity contribution >= 4 is 5.91 Å². The smallest absolute Gasteiger partial charge is 0.226 e. The highest BCUT2D eigenvalue weighted by Crippen LogP contribution is 2.13. The van der Waals surface area contributed by atoms with Crippen LogP contribution in [0.3, 0.4) is 0 Å². The lowest BCUT2D eigenvalue weighted by atomic mass is 10.1. The summed E-state index contributed by atoms with van der Waals surface area (Å²) in [5, 5.41) is 0. The van der Waals surface area contributed by atoms with E-state index in [4.69, 9.17) is 10.5 Å². The number of carbonyl (C=O) groups excluding carboxylic acids is 1. The fourth-order valence-corrected chi connectivity index (χ4v) is 1.41. The van der Waals surface area contributed by atoms with Gasteiger partial charge in [0.1, 0.15) is 5.75 Å². The van der Waals surface area contributed by atoms with Crippen LogP contribution in [0.2, 0.25) is 0 Å². The molecule has 0 spiro atoms. The summed E-state index contributed by atoms with van der Waals surface area (Å²) >= 11 is 0. The van der Waals surface area contributed by atoms with Gasteiger partial charge in [-0.25, -0.2) is 0 Å². The molecule has 0 saturated carbocycles. The van der Waals surface area contributed by atoms with E-state index in [-0.39, 0.29) is 5.91 Å². The lowest BCUT2D eigenvalue weighted by molar-refractivity contribution is -0.129. The van der Waals surface area contributed by atoms with Crippen molar-refractivity contribution in [3.63, 3.8) is 0 Å². The van der Waals surface area contributed by atoms with Crippen LogP contribution in [0.5, 0.6) is 5.75 Å². The zero-order valence-corrected chi connectivity index (χ0v) is 9.77. The van der Waals surface area contributed by atoms with Gasteiger partial charge in [-0.2, -0.15) is 0 Å². The number of hydrogen-bond donors (Lipinski definition) is 1. The zero-order valence-electron chi connectivity index (χ0n) is 9.77. The molecule has 0 fully saturated rings. The second-order valence-electron chi connectivity index (χ2n) is 3.63. The van der Waals surface area contributed by atoms with E-state index >= 15 is 0 Å². The Bertz CT molecular complexity index is 353. The van der Waals surface area contributed by atoms with E-state index in [1.165, 1.54) is 0 Å². The maximum absolute atomic E-state index is 11.7. The van der Waals surface area contributed by atoms with Gasteiger partial charge in [0.2, 0.25) is 5.91 Å². The van der Waals surface area contributed by atoms with Crippen molar-refractivity contribution in [1.29, 1.82) is 0 Å². The molecular weight excluding hydrogens is 204 g/mol. The molecule has 0 atom stereocenters. The van der Waals surface area contributed by atoms with Crippen LogP contribution in [0, 0.1) is 0 Å². The van der Waals surface area contributed by atoms with E-state index < -0.39 is 0 Å². The highest BCUT2D eigenvalue weighted by molar-refractivity contribution is 5.78. The summed E-state index contributed by atoms with van der Waals surface area (Å²) in [5.41, 5.74) is 6.34. The SMILES string of the molecule is COc1cccc(CC(=O)N(C)CCN)c1. The summed E-state index contributed by atoms with van der Waals surface area (Å²) in [4.78, 5) is 13.4. The Balaban J connectivity index is 2.61. The maximum Gasteiger partial charge on any atom is 0.226 e. The first kappa shape index (κ1) is 12.5.